The molecule has 1 unspecified atom stereocenters. The second-order valence-corrected chi connectivity index (χ2v) is 4.97. The van der Waals surface area contributed by atoms with Gasteiger partial charge in [-0.15, -0.1) is 0 Å². The van der Waals surface area contributed by atoms with Crippen LogP contribution in [0.2, 0.25) is 0 Å². The van der Waals surface area contributed by atoms with Crippen molar-refractivity contribution in [2.45, 2.75) is 26.3 Å². The highest BCUT2D eigenvalue weighted by molar-refractivity contribution is 5.33. The first kappa shape index (κ1) is 14.6. The standard InChI is InChI=1S/C16H16F3N/c1-9-3-6-13(18)15(16(9)19)14(20)8-11-4-5-12(17)7-10(11)2/h3-7,14H,8,20H2,1-2H3. The van der Waals surface area contributed by atoms with Crippen LogP contribution in [0.1, 0.15) is 28.3 Å². The summed E-state index contributed by atoms with van der Waals surface area (Å²) in [7, 11) is 0. The monoisotopic (exact) mass is 279 g/mol. The van der Waals surface area contributed by atoms with Gasteiger partial charge in [0, 0.05) is 11.6 Å². The van der Waals surface area contributed by atoms with E-state index in [1.807, 2.05) is 0 Å². The molecule has 1 atom stereocenters. The summed E-state index contributed by atoms with van der Waals surface area (Å²) in [6, 6.07) is 6.08. The lowest BCUT2D eigenvalue weighted by Gasteiger charge is -2.16. The molecule has 0 fully saturated rings. The average molecular weight is 279 g/mol. The fraction of sp³-hybridized carbons (Fsp3) is 0.250. The minimum atomic E-state index is -0.806. The zero-order valence-corrected chi connectivity index (χ0v) is 11.4. The Morgan fingerprint density at radius 2 is 1.70 bits per heavy atom. The van der Waals surface area contributed by atoms with E-state index in [0.717, 1.165) is 5.56 Å². The molecule has 0 aliphatic heterocycles. The first-order valence-corrected chi connectivity index (χ1v) is 6.35. The Morgan fingerprint density at radius 3 is 2.35 bits per heavy atom. The molecule has 2 rings (SSSR count). The van der Waals surface area contributed by atoms with E-state index in [1.165, 1.54) is 24.3 Å². The van der Waals surface area contributed by atoms with E-state index in [-0.39, 0.29) is 17.8 Å². The Balaban J connectivity index is 2.33. The molecule has 0 radical (unpaired) electrons. The van der Waals surface area contributed by atoms with Crippen LogP contribution in [0.5, 0.6) is 0 Å². The van der Waals surface area contributed by atoms with Crippen LogP contribution in [0.25, 0.3) is 0 Å². The number of hydrogen-bond acceptors (Lipinski definition) is 1. The highest BCUT2D eigenvalue weighted by atomic mass is 19.1. The summed E-state index contributed by atoms with van der Waals surface area (Å²) >= 11 is 0. The summed E-state index contributed by atoms with van der Waals surface area (Å²) in [5.74, 6) is -1.61. The topological polar surface area (TPSA) is 26.0 Å². The van der Waals surface area contributed by atoms with E-state index in [0.29, 0.717) is 11.1 Å². The quantitative estimate of drug-likeness (QED) is 0.904. The van der Waals surface area contributed by atoms with E-state index in [1.54, 1.807) is 19.9 Å². The molecule has 20 heavy (non-hydrogen) atoms. The molecule has 0 aliphatic rings. The Bertz CT molecular complexity index is 638. The van der Waals surface area contributed by atoms with Gasteiger partial charge in [-0.3, -0.25) is 0 Å². The Hall–Kier alpha value is -1.81. The molecule has 1 nitrogen and oxygen atoms in total. The van der Waals surface area contributed by atoms with Crippen LogP contribution in [0.15, 0.2) is 30.3 Å². The van der Waals surface area contributed by atoms with Crippen LogP contribution in [0.3, 0.4) is 0 Å². The van der Waals surface area contributed by atoms with Gasteiger partial charge in [0.1, 0.15) is 17.5 Å². The minimum Gasteiger partial charge on any atom is -0.323 e. The molecule has 0 spiro atoms. The van der Waals surface area contributed by atoms with E-state index < -0.39 is 17.7 Å². The number of benzene rings is 2. The fourth-order valence-corrected chi connectivity index (χ4v) is 2.25. The summed E-state index contributed by atoms with van der Waals surface area (Å²) in [5.41, 5.74) is 7.66. The molecule has 2 aromatic carbocycles. The van der Waals surface area contributed by atoms with Gasteiger partial charge in [0.15, 0.2) is 0 Å². The van der Waals surface area contributed by atoms with Crippen LogP contribution in [-0.4, -0.2) is 0 Å². The molecule has 4 heteroatoms. The zero-order chi connectivity index (χ0) is 14.9. The third kappa shape index (κ3) is 2.85. The first-order chi connectivity index (χ1) is 9.40. The maximum Gasteiger partial charge on any atom is 0.133 e. The van der Waals surface area contributed by atoms with Gasteiger partial charge < -0.3 is 5.73 Å². The van der Waals surface area contributed by atoms with Gasteiger partial charge in [-0.25, -0.2) is 13.2 Å². The van der Waals surface area contributed by atoms with Gasteiger partial charge in [0.2, 0.25) is 0 Å². The van der Waals surface area contributed by atoms with Crippen molar-refractivity contribution in [3.63, 3.8) is 0 Å². The lowest BCUT2D eigenvalue weighted by Crippen LogP contribution is -2.18. The minimum absolute atomic E-state index is 0.117. The van der Waals surface area contributed by atoms with Gasteiger partial charge in [-0.05, 0) is 55.2 Å². The van der Waals surface area contributed by atoms with Gasteiger partial charge in [-0.1, -0.05) is 12.1 Å². The van der Waals surface area contributed by atoms with Crippen molar-refractivity contribution in [2.75, 3.05) is 0 Å². The highest BCUT2D eigenvalue weighted by Gasteiger charge is 2.19. The largest absolute Gasteiger partial charge is 0.323 e. The van der Waals surface area contributed by atoms with Crippen molar-refractivity contribution in [3.05, 3.63) is 70.0 Å². The number of aryl methyl sites for hydroxylation is 2. The fourth-order valence-electron chi connectivity index (χ4n) is 2.25. The number of nitrogens with two attached hydrogens (primary N) is 1. The van der Waals surface area contributed by atoms with Crippen molar-refractivity contribution in [3.8, 4) is 0 Å². The van der Waals surface area contributed by atoms with Crippen molar-refractivity contribution in [1.29, 1.82) is 0 Å². The second-order valence-electron chi connectivity index (χ2n) is 4.97. The third-order valence-electron chi connectivity index (χ3n) is 3.43. The van der Waals surface area contributed by atoms with Crippen LogP contribution < -0.4 is 5.73 Å². The van der Waals surface area contributed by atoms with E-state index in [2.05, 4.69) is 0 Å². The lowest BCUT2D eigenvalue weighted by atomic mass is 9.95. The normalized spacial score (nSPS) is 12.5. The maximum atomic E-state index is 14.0. The van der Waals surface area contributed by atoms with Crippen LogP contribution in [0.4, 0.5) is 13.2 Å². The van der Waals surface area contributed by atoms with Crippen molar-refractivity contribution >= 4 is 0 Å². The number of hydrogen-bond donors (Lipinski definition) is 1. The average Bonchev–Trinajstić information content (AvgIpc) is 2.38. The highest BCUT2D eigenvalue weighted by Crippen LogP contribution is 2.25. The number of rotatable bonds is 3. The van der Waals surface area contributed by atoms with E-state index in [4.69, 9.17) is 5.73 Å². The third-order valence-corrected chi connectivity index (χ3v) is 3.43. The molecule has 0 amide bonds. The zero-order valence-electron chi connectivity index (χ0n) is 11.4. The molecule has 0 heterocycles. The molecule has 0 saturated carbocycles. The predicted octanol–water partition coefficient (Wildman–Crippen LogP) is 3.96. The first-order valence-electron chi connectivity index (χ1n) is 6.35. The van der Waals surface area contributed by atoms with Gasteiger partial charge >= 0.3 is 0 Å². The van der Waals surface area contributed by atoms with Crippen molar-refractivity contribution < 1.29 is 13.2 Å². The van der Waals surface area contributed by atoms with Crippen molar-refractivity contribution in [1.82, 2.24) is 0 Å². The predicted molar refractivity (Wildman–Crippen MR) is 72.9 cm³/mol. The number of halogens is 3. The summed E-state index contributed by atoms with van der Waals surface area (Å²) in [6.45, 7) is 3.31. The molecule has 0 aromatic heterocycles. The molecule has 0 saturated heterocycles. The second kappa shape index (κ2) is 5.67. The molecule has 2 aromatic rings. The summed E-state index contributed by atoms with van der Waals surface area (Å²) < 4.78 is 40.8. The summed E-state index contributed by atoms with van der Waals surface area (Å²) in [6.07, 6.45) is 0.253. The maximum absolute atomic E-state index is 14.0. The van der Waals surface area contributed by atoms with Crippen LogP contribution in [0, 0.1) is 31.3 Å². The summed E-state index contributed by atoms with van der Waals surface area (Å²) in [4.78, 5) is 0. The lowest BCUT2D eigenvalue weighted by molar-refractivity contribution is 0.519. The molecule has 106 valence electrons. The molecule has 0 aliphatic carbocycles. The van der Waals surface area contributed by atoms with E-state index in [9.17, 15) is 13.2 Å². The van der Waals surface area contributed by atoms with Gasteiger partial charge in [0.05, 0.1) is 0 Å². The smallest absolute Gasteiger partial charge is 0.133 e. The van der Waals surface area contributed by atoms with Crippen LogP contribution in [-0.2, 0) is 6.42 Å². The molecule has 2 N–H and O–H groups in total. The van der Waals surface area contributed by atoms with Gasteiger partial charge in [-0.2, -0.15) is 0 Å². The SMILES string of the molecule is Cc1cc(F)ccc1CC(N)c1c(F)ccc(C)c1F. The Kier molecular flexibility index (Phi) is 4.14. The summed E-state index contributed by atoms with van der Waals surface area (Å²) in [5, 5.41) is 0. The molecular formula is C16H16F3N. The van der Waals surface area contributed by atoms with Crippen molar-refractivity contribution in [2.24, 2.45) is 5.73 Å². The Labute approximate surface area is 116 Å². The molecule has 0 bridgehead atoms. The van der Waals surface area contributed by atoms with Crippen LogP contribution >= 0.6 is 0 Å². The van der Waals surface area contributed by atoms with Gasteiger partial charge in [0.25, 0.3) is 0 Å². The Morgan fingerprint density at radius 1 is 1.00 bits per heavy atom. The van der Waals surface area contributed by atoms with E-state index >= 15 is 0 Å². The molecular weight excluding hydrogens is 263 g/mol.